The van der Waals surface area contributed by atoms with Crippen molar-refractivity contribution in [2.45, 2.75) is 11.8 Å². The van der Waals surface area contributed by atoms with Gasteiger partial charge in [-0.3, -0.25) is 4.31 Å². The largest absolute Gasteiger partial charge is 0.494 e. The Morgan fingerprint density at radius 2 is 1.83 bits per heavy atom. The molecule has 0 aliphatic carbocycles. The molecule has 1 aliphatic rings. The van der Waals surface area contributed by atoms with E-state index in [4.69, 9.17) is 4.74 Å². The highest BCUT2D eigenvalue weighted by Crippen LogP contribution is 2.33. The Bertz CT molecular complexity index is 763. The summed E-state index contributed by atoms with van der Waals surface area (Å²) in [5.74, 6) is 0.669. The summed E-state index contributed by atoms with van der Waals surface area (Å²) in [5, 5.41) is 3.22. The molecule has 3 rings (SSSR count). The Balaban J connectivity index is 0.00000192. The number of hydrogen-bond acceptors (Lipinski definition) is 4. The predicted octanol–water partition coefficient (Wildman–Crippen LogP) is 3.13. The van der Waals surface area contributed by atoms with Gasteiger partial charge in [0.15, 0.2) is 0 Å². The van der Waals surface area contributed by atoms with Crippen molar-refractivity contribution in [2.24, 2.45) is 0 Å². The highest BCUT2D eigenvalue weighted by molar-refractivity contribution is 7.92. The summed E-state index contributed by atoms with van der Waals surface area (Å²) in [6, 6.07) is 14.0. The second kappa shape index (κ2) is 7.10. The smallest absolute Gasteiger partial charge is 0.264 e. The van der Waals surface area contributed by atoms with Gasteiger partial charge >= 0.3 is 0 Å². The van der Waals surface area contributed by atoms with Gasteiger partial charge in [0.05, 0.1) is 29.4 Å². The van der Waals surface area contributed by atoms with E-state index in [1.165, 1.54) is 4.31 Å². The molecule has 0 unspecified atom stereocenters. The highest BCUT2D eigenvalue weighted by atomic mass is 35.5. The van der Waals surface area contributed by atoms with Crippen LogP contribution in [-0.2, 0) is 10.0 Å². The number of benzene rings is 2. The van der Waals surface area contributed by atoms with Crippen LogP contribution in [0.3, 0.4) is 0 Å². The molecule has 5 nitrogen and oxygen atoms in total. The minimum absolute atomic E-state index is 0. The summed E-state index contributed by atoms with van der Waals surface area (Å²) in [6.07, 6.45) is 0. The number of anilines is 2. The van der Waals surface area contributed by atoms with Gasteiger partial charge in [-0.05, 0) is 43.3 Å². The molecule has 0 atom stereocenters. The zero-order valence-electron chi connectivity index (χ0n) is 12.7. The number of sulfonamides is 1. The normalized spacial score (nSPS) is 13.5. The zero-order valence-corrected chi connectivity index (χ0v) is 14.4. The van der Waals surface area contributed by atoms with Crippen molar-refractivity contribution in [3.63, 3.8) is 0 Å². The van der Waals surface area contributed by atoms with Gasteiger partial charge in [-0.15, -0.1) is 12.4 Å². The van der Waals surface area contributed by atoms with Crippen molar-refractivity contribution in [1.29, 1.82) is 0 Å². The monoisotopic (exact) mass is 354 g/mol. The second-order valence-electron chi connectivity index (χ2n) is 4.93. The Hall–Kier alpha value is -1.92. The van der Waals surface area contributed by atoms with Gasteiger partial charge in [0.2, 0.25) is 0 Å². The molecule has 124 valence electrons. The lowest BCUT2D eigenvalue weighted by atomic mass is 10.2. The molecule has 0 bridgehead atoms. The molecule has 7 heteroatoms. The van der Waals surface area contributed by atoms with Crippen molar-refractivity contribution < 1.29 is 13.2 Å². The summed E-state index contributed by atoms with van der Waals surface area (Å²) in [6.45, 7) is 3.44. The fraction of sp³-hybridized carbons (Fsp3) is 0.250. The van der Waals surface area contributed by atoms with Crippen molar-refractivity contribution in [2.75, 3.05) is 29.3 Å². The van der Waals surface area contributed by atoms with Gasteiger partial charge in [0.1, 0.15) is 5.75 Å². The molecule has 2 aromatic carbocycles. The molecular weight excluding hydrogens is 336 g/mol. The summed E-state index contributed by atoms with van der Waals surface area (Å²) in [7, 11) is -3.57. The first kappa shape index (κ1) is 17.4. The van der Waals surface area contributed by atoms with Crippen LogP contribution in [0.5, 0.6) is 5.75 Å². The maximum Gasteiger partial charge on any atom is 0.264 e. The van der Waals surface area contributed by atoms with E-state index >= 15 is 0 Å². The van der Waals surface area contributed by atoms with Crippen LogP contribution >= 0.6 is 12.4 Å². The summed E-state index contributed by atoms with van der Waals surface area (Å²) in [4.78, 5) is 0.271. The van der Waals surface area contributed by atoms with Crippen LogP contribution in [0.15, 0.2) is 53.4 Å². The topological polar surface area (TPSA) is 58.6 Å². The van der Waals surface area contributed by atoms with Gasteiger partial charge in [-0.25, -0.2) is 8.42 Å². The van der Waals surface area contributed by atoms with E-state index in [0.717, 1.165) is 5.69 Å². The van der Waals surface area contributed by atoms with Gasteiger partial charge in [-0.2, -0.15) is 0 Å². The van der Waals surface area contributed by atoms with Crippen molar-refractivity contribution >= 4 is 33.8 Å². The van der Waals surface area contributed by atoms with Crippen LogP contribution in [0.1, 0.15) is 6.92 Å². The van der Waals surface area contributed by atoms with Gasteiger partial charge in [-0.1, -0.05) is 12.1 Å². The molecule has 0 saturated heterocycles. The molecular formula is C16H19ClN2O3S. The maximum atomic E-state index is 12.9. The molecule has 0 saturated carbocycles. The number of nitrogens with one attached hydrogen (secondary N) is 1. The molecule has 0 radical (unpaired) electrons. The molecule has 1 heterocycles. The van der Waals surface area contributed by atoms with E-state index in [1.54, 1.807) is 24.3 Å². The van der Waals surface area contributed by atoms with Crippen LogP contribution in [0.4, 0.5) is 11.4 Å². The molecule has 0 fully saturated rings. The van der Waals surface area contributed by atoms with E-state index in [0.29, 0.717) is 31.1 Å². The summed E-state index contributed by atoms with van der Waals surface area (Å²) in [5.41, 5.74) is 1.52. The maximum absolute atomic E-state index is 12.9. The Morgan fingerprint density at radius 3 is 2.52 bits per heavy atom. The predicted molar refractivity (Wildman–Crippen MR) is 94.3 cm³/mol. The fourth-order valence-corrected chi connectivity index (χ4v) is 3.99. The number of ether oxygens (including phenoxy) is 1. The first-order chi connectivity index (χ1) is 10.6. The average Bonchev–Trinajstić information content (AvgIpc) is 2.55. The number of hydrogen-bond donors (Lipinski definition) is 1. The summed E-state index contributed by atoms with van der Waals surface area (Å²) >= 11 is 0. The number of nitrogens with zero attached hydrogens (tertiary/aromatic N) is 1. The van der Waals surface area contributed by atoms with Crippen molar-refractivity contribution in [3.8, 4) is 5.75 Å². The quantitative estimate of drug-likeness (QED) is 0.916. The molecule has 0 spiro atoms. The minimum atomic E-state index is -3.57. The van der Waals surface area contributed by atoms with E-state index in [2.05, 4.69) is 5.32 Å². The number of para-hydroxylation sites is 2. The average molecular weight is 355 g/mol. The third-order valence-corrected chi connectivity index (χ3v) is 5.35. The third-order valence-electron chi connectivity index (χ3n) is 3.53. The SMILES string of the molecule is CCOc1ccc(S(=O)(=O)N2CCNc3ccccc32)cc1.Cl. The lowest BCUT2D eigenvalue weighted by Gasteiger charge is -2.31. The molecule has 0 amide bonds. The van der Waals surface area contributed by atoms with Crippen LogP contribution in [-0.4, -0.2) is 28.1 Å². The second-order valence-corrected chi connectivity index (χ2v) is 6.79. The van der Waals surface area contributed by atoms with Gasteiger partial charge < -0.3 is 10.1 Å². The van der Waals surface area contributed by atoms with Gasteiger partial charge in [0.25, 0.3) is 10.0 Å². The molecule has 1 aliphatic heterocycles. The number of rotatable bonds is 4. The van der Waals surface area contributed by atoms with E-state index in [1.807, 2.05) is 31.2 Å². The minimum Gasteiger partial charge on any atom is -0.494 e. The standard InChI is InChI=1S/C16H18N2O3S.ClH/c1-2-21-13-7-9-14(10-8-13)22(19,20)18-12-11-17-15-5-3-4-6-16(15)18;/h3-10,17H,2,11-12H2,1H3;1H. The summed E-state index contributed by atoms with van der Waals surface area (Å²) < 4.78 is 32.6. The molecule has 0 aromatic heterocycles. The third kappa shape index (κ3) is 3.38. The first-order valence-corrected chi connectivity index (χ1v) is 8.65. The Labute approximate surface area is 142 Å². The highest BCUT2D eigenvalue weighted by Gasteiger charge is 2.28. The Kier molecular flexibility index (Phi) is 5.38. The van der Waals surface area contributed by atoms with Crippen molar-refractivity contribution in [1.82, 2.24) is 0 Å². The van der Waals surface area contributed by atoms with Crippen LogP contribution in [0.2, 0.25) is 0 Å². The molecule has 1 N–H and O–H groups in total. The lowest BCUT2D eigenvalue weighted by Crippen LogP contribution is -2.38. The molecule has 2 aromatic rings. The van der Waals surface area contributed by atoms with E-state index in [-0.39, 0.29) is 17.3 Å². The fourth-order valence-electron chi connectivity index (χ4n) is 2.50. The van der Waals surface area contributed by atoms with E-state index < -0.39 is 10.0 Å². The van der Waals surface area contributed by atoms with Crippen LogP contribution in [0.25, 0.3) is 0 Å². The van der Waals surface area contributed by atoms with Gasteiger partial charge in [0, 0.05) is 6.54 Å². The first-order valence-electron chi connectivity index (χ1n) is 7.21. The zero-order chi connectivity index (χ0) is 15.6. The molecule has 23 heavy (non-hydrogen) atoms. The van der Waals surface area contributed by atoms with E-state index in [9.17, 15) is 8.42 Å². The Morgan fingerprint density at radius 1 is 1.13 bits per heavy atom. The van der Waals surface area contributed by atoms with Crippen LogP contribution in [0, 0.1) is 0 Å². The number of fused-ring (bicyclic) bond motifs is 1. The van der Waals surface area contributed by atoms with Crippen molar-refractivity contribution in [3.05, 3.63) is 48.5 Å². The van der Waals surface area contributed by atoms with Crippen LogP contribution < -0.4 is 14.4 Å². The lowest BCUT2D eigenvalue weighted by molar-refractivity contribution is 0.340. The number of halogens is 1.